The lowest BCUT2D eigenvalue weighted by Gasteiger charge is -2.46. The Bertz CT molecular complexity index is 295. The van der Waals surface area contributed by atoms with Gasteiger partial charge in [0.2, 0.25) is 0 Å². The van der Waals surface area contributed by atoms with Crippen molar-refractivity contribution < 1.29 is 0 Å². The average molecular weight is 295 g/mol. The fourth-order valence-electron chi connectivity index (χ4n) is 4.50. The van der Waals surface area contributed by atoms with E-state index < -0.39 is 0 Å². The Morgan fingerprint density at radius 1 is 1.00 bits per heavy atom. The molecule has 0 aliphatic heterocycles. The van der Waals surface area contributed by atoms with Crippen molar-refractivity contribution in [3.05, 3.63) is 0 Å². The van der Waals surface area contributed by atoms with Gasteiger partial charge in [0.05, 0.1) is 0 Å². The quantitative estimate of drug-likeness (QED) is 0.726. The van der Waals surface area contributed by atoms with E-state index in [4.69, 9.17) is 5.73 Å². The summed E-state index contributed by atoms with van der Waals surface area (Å²) in [6, 6.07) is 0.729. The molecule has 0 atom stereocenters. The highest BCUT2D eigenvalue weighted by Crippen LogP contribution is 2.43. The van der Waals surface area contributed by atoms with Gasteiger partial charge in [-0.2, -0.15) is 0 Å². The first-order chi connectivity index (χ1) is 10.0. The van der Waals surface area contributed by atoms with Crippen LogP contribution in [0.1, 0.15) is 91.4 Å². The van der Waals surface area contributed by atoms with Crippen LogP contribution in [-0.2, 0) is 0 Å². The first-order valence-corrected chi connectivity index (χ1v) is 9.49. The van der Waals surface area contributed by atoms with E-state index in [1.807, 2.05) is 0 Å². The Balaban J connectivity index is 1.91. The Kier molecular flexibility index (Phi) is 6.14. The Hall–Kier alpha value is -0.0800. The molecule has 2 aliphatic carbocycles. The van der Waals surface area contributed by atoms with E-state index in [-0.39, 0.29) is 5.54 Å². The minimum atomic E-state index is 0.245. The van der Waals surface area contributed by atoms with E-state index in [1.165, 1.54) is 70.6 Å². The predicted molar refractivity (Wildman–Crippen MR) is 92.4 cm³/mol. The summed E-state index contributed by atoms with van der Waals surface area (Å²) in [6.07, 6.45) is 15.0. The SMILES string of the molecule is CCC(C)(C)C1CCC(CN)(NC2CCCCCC2)CC1. The van der Waals surface area contributed by atoms with Crippen LogP contribution in [-0.4, -0.2) is 18.1 Å². The number of rotatable bonds is 5. The molecule has 0 amide bonds. The Morgan fingerprint density at radius 3 is 2.05 bits per heavy atom. The van der Waals surface area contributed by atoms with E-state index in [2.05, 4.69) is 26.1 Å². The van der Waals surface area contributed by atoms with Crippen LogP contribution in [0.3, 0.4) is 0 Å². The zero-order chi connectivity index (χ0) is 15.3. The zero-order valence-corrected chi connectivity index (χ0v) is 14.7. The molecular weight excluding hydrogens is 256 g/mol. The van der Waals surface area contributed by atoms with Gasteiger partial charge in [-0.05, 0) is 49.9 Å². The van der Waals surface area contributed by atoms with Crippen molar-refractivity contribution in [2.75, 3.05) is 6.54 Å². The Morgan fingerprint density at radius 2 is 1.57 bits per heavy atom. The van der Waals surface area contributed by atoms with Crippen molar-refractivity contribution in [1.29, 1.82) is 0 Å². The maximum Gasteiger partial charge on any atom is 0.0306 e. The standard InChI is InChI=1S/C19H38N2/c1-4-18(2,3)16-11-13-19(15-20,14-12-16)21-17-9-7-5-6-8-10-17/h16-17,21H,4-15,20H2,1-3H3. The number of hydrogen-bond donors (Lipinski definition) is 2. The van der Waals surface area contributed by atoms with E-state index in [0.717, 1.165) is 18.5 Å². The third kappa shape index (κ3) is 4.45. The molecule has 2 heteroatoms. The smallest absolute Gasteiger partial charge is 0.0306 e. The molecule has 0 saturated heterocycles. The highest BCUT2D eigenvalue weighted by molar-refractivity contribution is 4.98. The molecule has 2 fully saturated rings. The summed E-state index contributed by atoms with van der Waals surface area (Å²) in [5.74, 6) is 0.887. The van der Waals surface area contributed by atoms with Crippen molar-refractivity contribution >= 4 is 0 Å². The fraction of sp³-hybridized carbons (Fsp3) is 1.00. The molecule has 0 aromatic rings. The lowest BCUT2D eigenvalue weighted by Crippen LogP contribution is -2.57. The van der Waals surface area contributed by atoms with Crippen LogP contribution in [0.25, 0.3) is 0 Å². The van der Waals surface area contributed by atoms with Crippen LogP contribution in [0.4, 0.5) is 0 Å². The van der Waals surface area contributed by atoms with Crippen molar-refractivity contribution in [2.45, 2.75) is 103 Å². The minimum Gasteiger partial charge on any atom is -0.329 e. The van der Waals surface area contributed by atoms with E-state index >= 15 is 0 Å². The summed E-state index contributed by atoms with van der Waals surface area (Å²) in [5.41, 5.74) is 6.97. The first-order valence-electron chi connectivity index (χ1n) is 9.49. The van der Waals surface area contributed by atoms with Gasteiger partial charge in [-0.15, -0.1) is 0 Å². The third-order valence-corrected chi connectivity index (χ3v) is 6.72. The van der Waals surface area contributed by atoms with Gasteiger partial charge in [-0.3, -0.25) is 0 Å². The summed E-state index contributed by atoms with van der Waals surface area (Å²) in [4.78, 5) is 0. The predicted octanol–water partition coefficient (Wildman–Crippen LogP) is 4.62. The van der Waals surface area contributed by atoms with Gasteiger partial charge in [0, 0.05) is 18.1 Å². The molecule has 0 aromatic heterocycles. The van der Waals surface area contributed by atoms with Crippen molar-refractivity contribution in [3.8, 4) is 0 Å². The summed E-state index contributed by atoms with van der Waals surface area (Å²) in [7, 11) is 0. The van der Waals surface area contributed by atoms with Crippen LogP contribution in [0.2, 0.25) is 0 Å². The van der Waals surface area contributed by atoms with Crippen molar-refractivity contribution in [1.82, 2.24) is 5.32 Å². The van der Waals surface area contributed by atoms with Crippen molar-refractivity contribution in [3.63, 3.8) is 0 Å². The van der Waals surface area contributed by atoms with Gasteiger partial charge in [0.15, 0.2) is 0 Å². The van der Waals surface area contributed by atoms with Crippen LogP contribution >= 0.6 is 0 Å². The van der Waals surface area contributed by atoms with Crippen molar-refractivity contribution in [2.24, 2.45) is 17.1 Å². The third-order valence-electron chi connectivity index (χ3n) is 6.72. The molecule has 2 aliphatic rings. The average Bonchev–Trinajstić information content (AvgIpc) is 2.76. The van der Waals surface area contributed by atoms with Gasteiger partial charge in [0.1, 0.15) is 0 Å². The summed E-state index contributed by atoms with van der Waals surface area (Å²) in [5, 5.41) is 4.03. The highest BCUT2D eigenvalue weighted by atomic mass is 15.0. The molecule has 0 bridgehead atoms. The molecule has 0 heterocycles. The monoisotopic (exact) mass is 294 g/mol. The molecule has 2 rings (SSSR count). The molecular formula is C19H38N2. The van der Waals surface area contributed by atoms with E-state index in [9.17, 15) is 0 Å². The zero-order valence-electron chi connectivity index (χ0n) is 14.7. The minimum absolute atomic E-state index is 0.245. The normalized spacial score (nSPS) is 32.9. The van der Waals surface area contributed by atoms with Crippen LogP contribution < -0.4 is 11.1 Å². The topological polar surface area (TPSA) is 38.0 Å². The van der Waals surface area contributed by atoms with E-state index in [1.54, 1.807) is 0 Å². The number of nitrogens with two attached hydrogens (primary N) is 1. The second kappa shape index (κ2) is 7.46. The second-order valence-corrected chi connectivity index (χ2v) is 8.43. The Labute approximate surface area is 132 Å². The first kappa shape index (κ1) is 17.3. The summed E-state index contributed by atoms with van der Waals surface area (Å²) in [6.45, 7) is 8.06. The van der Waals surface area contributed by atoms with Crippen LogP contribution in [0.5, 0.6) is 0 Å². The molecule has 0 unspecified atom stereocenters. The van der Waals surface area contributed by atoms with Crippen LogP contribution in [0, 0.1) is 11.3 Å². The van der Waals surface area contributed by atoms with Gasteiger partial charge >= 0.3 is 0 Å². The van der Waals surface area contributed by atoms with Crippen LogP contribution in [0.15, 0.2) is 0 Å². The maximum absolute atomic E-state index is 6.22. The lowest BCUT2D eigenvalue weighted by molar-refractivity contribution is 0.0939. The van der Waals surface area contributed by atoms with E-state index in [0.29, 0.717) is 5.41 Å². The lowest BCUT2D eigenvalue weighted by atomic mass is 9.65. The maximum atomic E-state index is 6.22. The molecule has 0 radical (unpaired) electrons. The second-order valence-electron chi connectivity index (χ2n) is 8.43. The number of hydrogen-bond acceptors (Lipinski definition) is 2. The number of nitrogens with one attached hydrogen (secondary N) is 1. The summed E-state index contributed by atoms with van der Waals surface area (Å²) >= 11 is 0. The molecule has 3 N–H and O–H groups in total. The van der Waals surface area contributed by atoms with Gasteiger partial charge in [-0.1, -0.05) is 52.9 Å². The molecule has 2 nitrogen and oxygen atoms in total. The molecule has 21 heavy (non-hydrogen) atoms. The van der Waals surface area contributed by atoms with Gasteiger partial charge in [0.25, 0.3) is 0 Å². The van der Waals surface area contributed by atoms with Gasteiger partial charge in [-0.25, -0.2) is 0 Å². The van der Waals surface area contributed by atoms with Gasteiger partial charge < -0.3 is 11.1 Å². The molecule has 2 saturated carbocycles. The molecule has 0 aromatic carbocycles. The fourth-order valence-corrected chi connectivity index (χ4v) is 4.50. The largest absolute Gasteiger partial charge is 0.329 e. The molecule has 0 spiro atoms. The summed E-state index contributed by atoms with van der Waals surface area (Å²) < 4.78 is 0. The molecule has 124 valence electrons. The highest BCUT2D eigenvalue weighted by Gasteiger charge is 2.39.